The highest BCUT2D eigenvalue weighted by Crippen LogP contribution is 2.28. The number of nitrogens with one attached hydrogen (secondary N) is 1. The molecule has 0 saturated heterocycles. The summed E-state index contributed by atoms with van der Waals surface area (Å²) in [6, 6.07) is 4.35. The number of nitrogens with zero attached hydrogens (tertiary/aromatic N) is 3. The Balaban J connectivity index is 3.03. The van der Waals surface area contributed by atoms with Crippen molar-refractivity contribution >= 4 is 30.8 Å². The molecular formula is C14H18N4O4Si. The fourth-order valence-electron chi connectivity index (χ4n) is 1.40. The van der Waals surface area contributed by atoms with Crippen molar-refractivity contribution in [3.8, 4) is 11.5 Å². The summed E-state index contributed by atoms with van der Waals surface area (Å²) >= 11 is 0. The van der Waals surface area contributed by atoms with Crippen LogP contribution in [0.25, 0.3) is 0 Å². The number of nitro benzene ring substituents is 2. The molecular weight excluding hydrogens is 316 g/mol. The van der Waals surface area contributed by atoms with Crippen LogP contribution in [0.5, 0.6) is 0 Å². The average molecular weight is 334 g/mol. The molecule has 122 valence electrons. The van der Waals surface area contributed by atoms with Crippen LogP contribution in [0.3, 0.4) is 0 Å². The Morgan fingerprint density at radius 1 is 1.30 bits per heavy atom. The molecule has 0 aromatic heterocycles. The van der Waals surface area contributed by atoms with Crippen LogP contribution < -0.4 is 5.43 Å². The van der Waals surface area contributed by atoms with Gasteiger partial charge < -0.3 is 0 Å². The molecule has 1 aromatic carbocycles. The van der Waals surface area contributed by atoms with E-state index in [9.17, 15) is 20.2 Å². The first-order valence-corrected chi connectivity index (χ1v) is 10.1. The van der Waals surface area contributed by atoms with Gasteiger partial charge in [0.1, 0.15) is 19.5 Å². The number of hydrogen-bond donors (Lipinski definition) is 1. The SMILES string of the molecule is CC[Si](C)(C)C#CC(C)=NNc1ccc([N+](=O)[O-])cc1[N+](=O)[O-]. The van der Waals surface area contributed by atoms with Crippen LogP contribution >= 0.6 is 0 Å². The summed E-state index contributed by atoms with van der Waals surface area (Å²) < 4.78 is 0. The van der Waals surface area contributed by atoms with Gasteiger partial charge in [0.25, 0.3) is 5.69 Å². The third kappa shape index (κ3) is 5.52. The molecule has 0 saturated carbocycles. The number of non-ortho nitro benzene ring substituents is 1. The normalized spacial score (nSPS) is 11.4. The Hall–Kier alpha value is -2.73. The van der Waals surface area contributed by atoms with Crippen LogP contribution in [-0.4, -0.2) is 23.6 Å². The molecule has 0 radical (unpaired) electrons. The minimum atomic E-state index is -1.55. The summed E-state index contributed by atoms with van der Waals surface area (Å²) in [4.78, 5) is 20.3. The van der Waals surface area contributed by atoms with Crippen LogP contribution in [0.2, 0.25) is 19.1 Å². The third-order valence-electron chi connectivity index (χ3n) is 3.20. The topological polar surface area (TPSA) is 111 Å². The molecule has 23 heavy (non-hydrogen) atoms. The van der Waals surface area contributed by atoms with Crippen LogP contribution in [0.4, 0.5) is 17.1 Å². The van der Waals surface area contributed by atoms with Gasteiger partial charge in [0.15, 0.2) is 0 Å². The van der Waals surface area contributed by atoms with E-state index in [1.165, 1.54) is 12.1 Å². The van der Waals surface area contributed by atoms with Crippen LogP contribution in [0.1, 0.15) is 13.8 Å². The monoisotopic (exact) mass is 334 g/mol. The summed E-state index contributed by atoms with van der Waals surface area (Å²) in [7, 11) is -1.55. The van der Waals surface area contributed by atoms with Gasteiger partial charge in [-0.3, -0.25) is 25.7 Å². The van der Waals surface area contributed by atoms with Gasteiger partial charge in [0.2, 0.25) is 0 Å². The molecule has 0 amide bonds. The molecule has 0 aliphatic carbocycles. The van der Waals surface area contributed by atoms with E-state index in [4.69, 9.17) is 0 Å². The lowest BCUT2D eigenvalue weighted by Gasteiger charge is -2.09. The predicted molar refractivity (Wildman–Crippen MR) is 92.2 cm³/mol. The number of hydrogen-bond acceptors (Lipinski definition) is 6. The maximum Gasteiger partial charge on any atom is 0.301 e. The molecule has 0 heterocycles. The fraction of sp³-hybridized carbons (Fsp3) is 0.357. The van der Waals surface area contributed by atoms with E-state index >= 15 is 0 Å². The van der Waals surface area contributed by atoms with Gasteiger partial charge in [-0.15, -0.1) is 5.54 Å². The molecule has 0 unspecified atom stereocenters. The van der Waals surface area contributed by atoms with Crippen LogP contribution in [0, 0.1) is 31.7 Å². The van der Waals surface area contributed by atoms with Crippen molar-refractivity contribution in [2.24, 2.45) is 5.10 Å². The Morgan fingerprint density at radius 2 is 1.96 bits per heavy atom. The largest absolute Gasteiger partial charge is 0.301 e. The van der Waals surface area contributed by atoms with Crippen molar-refractivity contribution in [3.63, 3.8) is 0 Å². The number of benzene rings is 1. The molecule has 1 aromatic rings. The molecule has 1 rings (SSSR count). The lowest BCUT2D eigenvalue weighted by Crippen LogP contribution is -2.21. The summed E-state index contributed by atoms with van der Waals surface area (Å²) in [6.45, 7) is 8.06. The number of nitro groups is 2. The molecule has 0 bridgehead atoms. The second-order valence-electron chi connectivity index (χ2n) is 5.51. The standard InChI is InChI=1S/C14H18N4O4Si/c1-5-23(3,4)9-8-11(2)15-16-13-7-6-12(17(19)20)10-14(13)18(21)22/h6-7,10,16H,5H2,1-4H3. The van der Waals surface area contributed by atoms with Crippen molar-refractivity contribution in [1.82, 2.24) is 0 Å². The zero-order chi connectivity index (χ0) is 17.6. The smallest absolute Gasteiger partial charge is 0.271 e. The lowest BCUT2D eigenvalue weighted by molar-refractivity contribution is -0.393. The fourth-order valence-corrected chi connectivity index (χ4v) is 2.10. The number of anilines is 1. The quantitative estimate of drug-likeness (QED) is 0.291. The van der Waals surface area contributed by atoms with E-state index in [0.717, 1.165) is 12.1 Å². The van der Waals surface area contributed by atoms with Gasteiger partial charge in [0.05, 0.1) is 15.9 Å². The van der Waals surface area contributed by atoms with E-state index in [1.807, 2.05) is 0 Å². The highest BCUT2D eigenvalue weighted by atomic mass is 28.3. The minimum absolute atomic E-state index is 0.0775. The summed E-state index contributed by atoms with van der Waals surface area (Å²) in [5.41, 5.74) is 5.56. The first-order valence-electron chi connectivity index (χ1n) is 6.92. The molecule has 1 N–H and O–H groups in total. The lowest BCUT2D eigenvalue weighted by atomic mass is 10.2. The molecule has 8 nitrogen and oxygen atoms in total. The first kappa shape index (κ1) is 18.3. The molecule has 0 aliphatic rings. The summed E-state index contributed by atoms with van der Waals surface area (Å²) in [6.07, 6.45) is 0. The maximum atomic E-state index is 11.0. The molecule has 0 atom stereocenters. The van der Waals surface area contributed by atoms with Crippen molar-refractivity contribution in [2.45, 2.75) is 33.0 Å². The van der Waals surface area contributed by atoms with Crippen LogP contribution in [-0.2, 0) is 0 Å². The minimum Gasteiger partial charge on any atom is -0.271 e. The van der Waals surface area contributed by atoms with Gasteiger partial charge >= 0.3 is 5.69 Å². The predicted octanol–water partition coefficient (Wildman–Crippen LogP) is 3.56. The van der Waals surface area contributed by atoms with Crippen molar-refractivity contribution in [1.29, 1.82) is 0 Å². The Bertz CT molecular complexity index is 719. The van der Waals surface area contributed by atoms with Crippen LogP contribution in [0.15, 0.2) is 23.3 Å². The average Bonchev–Trinajstić information content (AvgIpc) is 2.50. The first-order chi connectivity index (χ1) is 10.7. The van der Waals surface area contributed by atoms with Crippen molar-refractivity contribution in [3.05, 3.63) is 38.4 Å². The van der Waals surface area contributed by atoms with E-state index in [-0.39, 0.29) is 11.4 Å². The zero-order valence-corrected chi connectivity index (χ0v) is 14.4. The third-order valence-corrected chi connectivity index (χ3v) is 5.77. The number of hydrazone groups is 1. The van der Waals surface area contributed by atoms with Gasteiger partial charge in [0, 0.05) is 6.07 Å². The van der Waals surface area contributed by atoms with E-state index in [0.29, 0.717) is 5.71 Å². The molecule has 0 spiro atoms. The summed E-state index contributed by atoms with van der Waals surface area (Å²) in [5, 5.41) is 25.7. The van der Waals surface area contributed by atoms with E-state index in [1.54, 1.807) is 6.92 Å². The maximum absolute atomic E-state index is 11.0. The molecule has 0 fully saturated rings. The highest BCUT2D eigenvalue weighted by molar-refractivity contribution is 6.85. The van der Waals surface area contributed by atoms with Crippen molar-refractivity contribution in [2.75, 3.05) is 5.43 Å². The van der Waals surface area contributed by atoms with E-state index < -0.39 is 23.6 Å². The Morgan fingerprint density at radius 3 is 2.48 bits per heavy atom. The van der Waals surface area contributed by atoms with Crippen molar-refractivity contribution < 1.29 is 9.85 Å². The van der Waals surface area contributed by atoms with E-state index in [2.05, 4.69) is 42.0 Å². The molecule has 9 heteroatoms. The summed E-state index contributed by atoms with van der Waals surface area (Å²) in [5.74, 6) is 2.94. The van der Waals surface area contributed by atoms with Gasteiger partial charge in [-0.1, -0.05) is 25.9 Å². The van der Waals surface area contributed by atoms with Gasteiger partial charge in [-0.25, -0.2) is 0 Å². The number of rotatable bonds is 5. The Labute approximate surface area is 134 Å². The second-order valence-corrected chi connectivity index (χ2v) is 10.2. The zero-order valence-electron chi connectivity index (χ0n) is 13.4. The Kier molecular flexibility index (Phi) is 5.98. The highest BCUT2D eigenvalue weighted by Gasteiger charge is 2.19. The van der Waals surface area contributed by atoms with Gasteiger partial charge in [-0.2, -0.15) is 5.10 Å². The molecule has 0 aliphatic heterocycles. The van der Waals surface area contributed by atoms with Gasteiger partial charge in [-0.05, 0) is 19.0 Å². The second kappa shape index (κ2) is 7.51.